The molecule has 2 aromatic carbocycles. The number of halogens is 1. The lowest BCUT2D eigenvalue weighted by Gasteiger charge is -2.03. The molecule has 0 saturated carbocycles. The van der Waals surface area contributed by atoms with E-state index in [-0.39, 0.29) is 12.6 Å². The topological polar surface area (TPSA) is 26.3 Å². The molecule has 1 heterocycles. The van der Waals surface area contributed by atoms with Crippen molar-refractivity contribution in [1.82, 2.24) is 0 Å². The van der Waals surface area contributed by atoms with Crippen molar-refractivity contribution in [3.63, 3.8) is 0 Å². The van der Waals surface area contributed by atoms with Gasteiger partial charge in [0.25, 0.3) is 0 Å². The third-order valence-electron chi connectivity index (χ3n) is 2.89. The Hall–Kier alpha value is -1.84. The molecule has 3 rings (SSSR count). The highest BCUT2D eigenvalue weighted by Gasteiger charge is 2.11. The quantitative estimate of drug-likeness (QED) is 0.642. The molecule has 0 aliphatic carbocycles. The van der Waals surface area contributed by atoms with Crippen LogP contribution in [0.4, 0.5) is 0 Å². The maximum atomic E-state index is 12.0. The molecule has 0 atom stereocenters. The van der Waals surface area contributed by atoms with E-state index >= 15 is 0 Å². The van der Waals surface area contributed by atoms with Gasteiger partial charge in [-0.05, 0) is 35.2 Å². The molecule has 20 heavy (non-hydrogen) atoms. The third-order valence-corrected chi connectivity index (χ3v) is 4.22. The normalized spacial score (nSPS) is 10.7. The minimum atomic E-state index is -0.300. The summed E-state index contributed by atoms with van der Waals surface area (Å²) in [6.45, 7) is 0.230. The van der Waals surface area contributed by atoms with Crippen LogP contribution in [-0.4, -0.2) is 5.97 Å². The lowest BCUT2D eigenvalue weighted by molar-refractivity contribution is 0.0478. The van der Waals surface area contributed by atoms with Crippen LogP contribution in [-0.2, 0) is 11.3 Å². The molecule has 0 amide bonds. The maximum Gasteiger partial charge on any atom is 0.348 e. The van der Waals surface area contributed by atoms with Crippen molar-refractivity contribution in [2.75, 3.05) is 0 Å². The summed E-state index contributed by atoms with van der Waals surface area (Å²) in [7, 11) is 0. The van der Waals surface area contributed by atoms with Gasteiger partial charge in [-0.3, -0.25) is 0 Å². The first-order valence-electron chi connectivity index (χ1n) is 6.12. The molecule has 0 aliphatic rings. The molecule has 0 saturated heterocycles. The highest BCUT2D eigenvalue weighted by atomic mass is 35.5. The Morgan fingerprint density at radius 3 is 2.75 bits per heavy atom. The van der Waals surface area contributed by atoms with Gasteiger partial charge in [-0.15, -0.1) is 11.3 Å². The van der Waals surface area contributed by atoms with Crippen LogP contribution in [0.15, 0.2) is 54.6 Å². The summed E-state index contributed by atoms with van der Waals surface area (Å²) in [5.74, 6) is -0.300. The molecule has 4 heteroatoms. The summed E-state index contributed by atoms with van der Waals surface area (Å²) in [6, 6.07) is 17.1. The molecular weight excluding hydrogens is 292 g/mol. The van der Waals surface area contributed by atoms with Crippen molar-refractivity contribution in [2.24, 2.45) is 0 Å². The van der Waals surface area contributed by atoms with Gasteiger partial charge in [0.15, 0.2) is 0 Å². The Labute approximate surface area is 125 Å². The number of thiophene rings is 1. The summed E-state index contributed by atoms with van der Waals surface area (Å²) < 4.78 is 6.40. The van der Waals surface area contributed by atoms with Crippen LogP contribution in [0.3, 0.4) is 0 Å². The number of ether oxygens (including phenoxy) is 1. The molecule has 2 nitrogen and oxygen atoms in total. The molecule has 3 aromatic rings. The van der Waals surface area contributed by atoms with Gasteiger partial charge >= 0.3 is 5.97 Å². The van der Waals surface area contributed by atoms with Gasteiger partial charge in [0.2, 0.25) is 0 Å². The van der Waals surface area contributed by atoms with E-state index in [0.717, 1.165) is 15.6 Å². The minimum Gasteiger partial charge on any atom is -0.457 e. The molecule has 0 bridgehead atoms. The van der Waals surface area contributed by atoms with E-state index in [1.54, 1.807) is 12.1 Å². The average Bonchev–Trinajstić information content (AvgIpc) is 2.89. The predicted molar refractivity (Wildman–Crippen MR) is 82.4 cm³/mol. The smallest absolute Gasteiger partial charge is 0.348 e. The third kappa shape index (κ3) is 2.84. The monoisotopic (exact) mass is 302 g/mol. The van der Waals surface area contributed by atoms with E-state index < -0.39 is 0 Å². The van der Waals surface area contributed by atoms with E-state index in [9.17, 15) is 4.79 Å². The standard InChI is InChI=1S/C16H11ClO2S/c17-13-6-3-4-11(8-13)10-19-16(18)15-9-12-5-1-2-7-14(12)20-15/h1-9H,10H2. The molecule has 0 spiro atoms. The van der Waals surface area contributed by atoms with E-state index in [0.29, 0.717) is 9.90 Å². The Morgan fingerprint density at radius 2 is 1.95 bits per heavy atom. The number of fused-ring (bicyclic) bond motifs is 1. The molecule has 0 aliphatic heterocycles. The molecule has 0 N–H and O–H groups in total. The Bertz CT molecular complexity index is 731. The van der Waals surface area contributed by atoms with Crippen molar-refractivity contribution >= 4 is 39.0 Å². The first-order valence-corrected chi connectivity index (χ1v) is 7.32. The molecule has 1 aromatic heterocycles. The maximum absolute atomic E-state index is 12.0. The van der Waals surface area contributed by atoms with Crippen LogP contribution in [0, 0.1) is 0 Å². The molecular formula is C16H11ClO2S. The van der Waals surface area contributed by atoms with Crippen LogP contribution in [0.1, 0.15) is 15.2 Å². The fourth-order valence-corrected chi connectivity index (χ4v) is 3.10. The van der Waals surface area contributed by atoms with Gasteiger partial charge in [0.1, 0.15) is 11.5 Å². The van der Waals surface area contributed by atoms with E-state index in [1.165, 1.54) is 11.3 Å². The van der Waals surface area contributed by atoms with Gasteiger partial charge in [0.05, 0.1) is 0 Å². The largest absolute Gasteiger partial charge is 0.457 e. The number of carbonyl (C=O) groups excluding carboxylic acids is 1. The molecule has 0 unspecified atom stereocenters. The van der Waals surface area contributed by atoms with Crippen LogP contribution >= 0.6 is 22.9 Å². The minimum absolute atomic E-state index is 0.230. The first-order chi connectivity index (χ1) is 9.72. The second-order valence-corrected chi connectivity index (χ2v) is 5.87. The van der Waals surface area contributed by atoms with Gasteiger partial charge in [-0.2, -0.15) is 0 Å². The zero-order valence-corrected chi connectivity index (χ0v) is 12.1. The SMILES string of the molecule is O=C(OCc1cccc(Cl)c1)c1cc2ccccc2s1. The molecule has 100 valence electrons. The number of carbonyl (C=O) groups is 1. The Kier molecular flexibility index (Phi) is 3.72. The van der Waals surface area contributed by atoms with Gasteiger partial charge in [-0.25, -0.2) is 4.79 Å². The van der Waals surface area contributed by atoms with Crippen LogP contribution < -0.4 is 0 Å². The number of benzene rings is 2. The Morgan fingerprint density at radius 1 is 1.10 bits per heavy atom. The summed E-state index contributed by atoms with van der Waals surface area (Å²) in [5, 5.41) is 1.70. The number of esters is 1. The van der Waals surface area contributed by atoms with Crippen LogP contribution in [0.25, 0.3) is 10.1 Å². The van der Waals surface area contributed by atoms with Crippen molar-refractivity contribution in [2.45, 2.75) is 6.61 Å². The average molecular weight is 303 g/mol. The lowest BCUT2D eigenvalue weighted by atomic mass is 10.2. The fraction of sp³-hybridized carbons (Fsp3) is 0.0625. The predicted octanol–water partition coefficient (Wildman–Crippen LogP) is 4.91. The van der Waals surface area contributed by atoms with Crippen molar-refractivity contribution in [3.05, 3.63) is 70.1 Å². The lowest BCUT2D eigenvalue weighted by Crippen LogP contribution is -2.02. The second-order valence-electron chi connectivity index (χ2n) is 4.35. The van der Waals surface area contributed by atoms with Gasteiger partial charge in [-0.1, -0.05) is 41.9 Å². The van der Waals surface area contributed by atoms with Crippen molar-refractivity contribution < 1.29 is 9.53 Å². The summed E-state index contributed by atoms with van der Waals surface area (Å²) >= 11 is 7.34. The highest BCUT2D eigenvalue weighted by molar-refractivity contribution is 7.20. The van der Waals surface area contributed by atoms with Crippen LogP contribution in [0.2, 0.25) is 5.02 Å². The molecule has 0 radical (unpaired) electrons. The van der Waals surface area contributed by atoms with Gasteiger partial charge in [0, 0.05) is 9.72 Å². The van der Waals surface area contributed by atoms with Crippen LogP contribution in [0.5, 0.6) is 0 Å². The highest BCUT2D eigenvalue weighted by Crippen LogP contribution is 2.26. The summed E-state index contributed by atoms with van der Waals surface area (Å²) in [5.41, 5.74) is 0.881. The Balaban J connectivity index is 1.73. The van der Waals surface area contributed by atoms with E-state index in [2.05, 4.69) is 0 Å². The zero-order chi connectivity index (χ0) is 13.9. The number of hydrogen-bond donors (Lipinski definition) is 0. The first kappa shape index (κ1) is 13.2. The molecule has 0 fully saturated rings. The fourth-order valence-electron chi connectivity index (χ4n) is 1.93. The van der Waals surface area contributed by atoms with Crippen molar-refractivity contribution in [3.8, 4) is 0 Å². The van der Waals surface area contributed by atoms with Crippen molar-refractivity contribution in [1.29, 1.82) is 0 Å². The number of rotatable bonds is 3. The van der Waals surface area contributed by atoms with E-state index in [4.69, 9.17) is 16.3 Å². The summed E-state index contributed by atoms with van der Waals surface area (Å²) in [6.07, 6.45) is 0. The zero-order valence-electron chi connectivity index (χ0n) is 10.5. The second kappa shape index (κ2) is 5.65. The summed E-state index contributed by atoms with van der Waals surface area (Å²) in [4.78, 5) is 12.6. The number of hydrogen-bond acceptors (Lipinski definition) is 3. The van der Waals surface area contributed by atoms with E-state index in [1.807, 2.05) is 42.5 Å². The van der Waals surface area contributed by atoms with Gasteiger partial charge < -0.3 is 4.74 Å².